The van der Waals surface area contributed by atoms with Gasteiger partial charge < -0.3 is 11.1 Å². The Hall–Kier alpha value is -1.74. The Bertz CT molecular complexity index is 696. The topological polar surface area (TPSA) is 106 Å². The molecule has 4 N–H and O–H groups in total. The number of aromatic nitrogens is 3. The summed E-state index contributed by atoms with van der Waals surface area (Å²) >= 11 is 4.50. The lowest BCUT2D eigenvalue weighted by Gasteiger charge is -2.07. The van der Waals surface area contributed by atoms with Crippen molar-refractivity contribution in [2.45, 2.75) is 5.16 Å². The van der Waals surface area contributed by atoms with Crippen LogP contribution < -0.4 is 16.7 Å². The summed E-state index contributed by atoms with van der Waals surface area (Å²) in [6.07, 6.45) is 0. The highest BCUT2D eigenvalue weighted by Gasteiger charge is 2.10. The number of aromatic amines is 1. The molecule has 106 valence electrons. The number of hydrogen-bond donors (Lipinski definition) is 3. The second kappa shape index (κ2) is 6.14. The summed E-state index contributed by atoms with van der Waals surface area (Å²) in [5.41, 5.74) is 6.56. The molecular formula is C11H12BrN5O2S. The zero-order valence-corrected chi connectivity index (χ0v) is 12.9. The first kappa shape index (κ1) is 14.7. The van der Waals surface area contributed by atoms with E-state index >= 15 is 0 Å². The van der Waals surface area contributed by atoms with Crippen LogP contribution in [0.25, 0.3) is 0 Å². The van der Waals surface area contributed by atoms with E-state index in [1.165, 1.54) is 16.3 Å². The number of nitrogens with zero attached hydrogens (tertiary/aromatic N) is 2. The van der Waals surface area contributed by atoms with E-state index in [1.807, 2.05) is 0 Å². The van der Waals surface area contributed by atoms with Crippen molar-refractivity contribution in [2.24, 2.45) is 7.05 Å². The van der Waals surface area contributed by atoms with Crippen molar-refractivity contribution in [3.63, 3.8) is 0 Å². The molecular weight excluding hydrogens is 346 g/mol. The summed E-state index contributed by atoms with van der Waals surface area (Å²) < 4.78 is 2.06. The van der Waals surface area contributed by atoms with Crippen LogP contribution in [0.1, 0.15) is 0 Å². The van der Waals surface area contributed by atoms with Gasteiger partial charge in [-0.2, -0.15) is 0 Å². The molecule has 1 aromatic carbocycles. The van der Waals surface area contributed by atoms with Crippen molar-refractivity contribution >= 4 is 45.0 Å². The Labute approximate surface area is 127 Å². The molecule has 0 spiro atoms. The number of amides is 1. The van der Waals surface area contributed by atoms with Gasteiger partial charge in [-0.3, -0.25) is 9.36 Å². The molecule has 0 aliphatic carbocycles. The molecule has 0 fully saturated rings. The van der Waals surface area contributed by atoms with Gasteiger partial charge in [0.2, 0.25) is 5.91 Å². The van der Waals surface area contributed by atoms with Gasteiger partial charge in [0.05, 0.1) is 11.4 Å². The average Bonchev–Trinajstić information content (AvgIpc) is 2.71. The van der Waals surface area contributed by atoms with E-state index in [0.29, 0.717) is 21.0 Å². The third-order valence-electron chi connectivity index (χ3n) is 2.44. The van der Waals surface area contributed by atoms with Crippen LogP contribution in [0.15, 0.2) is 32.6 Å². The number of carbonyl (C=O) groups is 1. The lowest BCUT2D eigenvalue weighted by atomic mass is 10.3. The number of anilines is 2. The number of nitrogens with two attached hydrogens (primary N) is 1. The number of benzene rings is 1. The van der Waals surface area contributed by atoms with E-state index in [-0.39, 0.29) is 17.3 Å². The van der Waals surface area contributed by atoms with Crippen LogP contribution >= 0.6 is 27.7 Å². The number of H-pyrrole nitrogens is 1. The summed E-state index contributed by atoms with van der Waals surface area (Å²) in [5.74, 6) is -0.0505. The molecule has 0 bridgehead atoms. The van der Waals surface area contributed by atoms with Crippen molar-refractivity contribution < 1.29 is 4.79 Å². The normalized spacial score (nSPS) is 10.5. The molecule has 0 aliphatic rings. The van der Waals surface area contributed by atoms with E-state index in [4.69, 9.17) is 5.73 Å². The number of nitrogens with one attached hydrogen (secondary N) is 2. The number of hydrogen-bond acceptors (Lipinski definition) is 5. The second-order valence-electron chi connectivity index (χ2n) is 3.95. The number of halogens is 1. The lowest BCUT2D eigenvalue weighted by Crippen LogP contribution is -2.16. The Morgan fingerprint density at radius 3 is 2.95 bits per heavy atom. The molecule has 2 aromatic rings. The van der Waals surface area contributed by atoms with E-state index in [9.17, 15) is 9.59 Å². The summed E-state index contributed by atoms with van der Waals surface area (Å²) in [5, 5.41) is 9.32. The number of nitrogen functional groups attached to an aromatic ring is 1. The minimum atomic E-state index is -0.311. The molecule has 20 heavy (non-hydrogen) atoms. The average molecular weight is 358 g/mol. The maximum absolute atomic E-state index is 11.8. The molecule has 0 radical (unpaired) electrons. The first-order valence-corrected chi connectivity index (χ1v) is 7.34. The Kier molecular flexibility index (Phi) is 4.50. The minimum Gasteiger partial charge on any atom is -0.399 e. The zero-order chi connectivity index (χ0) is 14.7. The van der Waals surface area contributed by atoms with Gasteiger partial charge in [-0.1, -0.05) is 11.8 Å². The van der Waals surface area contributed by atoms with Crippen LogP contribution in [0.4, 0.5) is 11.4 Å². The number of rotatable bonds is 4. The van der Waals surface area contributed by atoms with E-state index in [1.54, 1.807) is 25.2 Å². The summed E-state index contributed by atoms with van der Waals surface area (Å²) in [7, 11) is 1.59. The van der Waals surface area contributed by atoms with Crippen LogP contribution in [-0.4, -0.2) is 26.4 Å². The van der Waals surface area contributed by atoms with Crippen LogP contribution in [0.5, 0.6) is 0 Å². The molecule has 0 unspecified atom stereocenters. The van der Waals surface area contributed by atoms with Crippen LogP contribution in [0.2, 0.25) is 0 Å². The van der Waals surface area contributed by atoms with Crippen LogP contribution in [0, 0.1) is 0 Å². The highest BCUT2D eigenvalue weighted by Crippen LogP contribution is 2.25. The third kappa shape index (κ3) is 3.42. The highest BCUT2D eigenvalue weighted by atomic mass is 79.9. The quantitative estimate of drug-likeness (QED) is 0.562. The molecule has 9 heteroatoms. The molecule has 1 heterocycles. The molecule has 1 aromatic heterocycles. The van der Waals surface area contributed by atoms with Gasteiger partial charge >= 0.3 is 5.69 Å². The Balaban J connectivity index is 1.96. The van der Waals surface area contributed by atoms with Crippen molar-refractivity contribution in [2.75, 3.05) is 16.8 Å². The van der Waals surface area contributed by atoms with Crippen molar-refractivity contribution in [1.82, 2.24) is 14.8 Å². The van der Waals surface area contributed by atoms with Crippen molar-refractivity contribution in [3.05, 3.63) is 33.2 Å². The third-order valence-corrected chi connectivity index (χ3v) is 4.12. The molecule has 0 atom stereocenters. The zero-order valence-electron chi connectivity index (χ0n) is 10.5. The van der Waals surface area contributed by atoms with Gasteiger partial charge in [-0.05, 0) is 34.1 Å². The summed E-state index contributed by atoms with van der Waals surface area (Å²) in [4.78, 5) is 23.0. The van der Waals surface area contributed by atoms with E-state index in [0.717, 1.165) is 0 Å². The smallest absolute Gasteiger partial charge is 0.343 e. The van der Waals surface area contributed by atoms with E-state index in [2.05, 4.69) is 31.4 Å². The highest BCUT2D eigenvalue weighted by molar-refractivity contribution is 9.10. The SMILES string of the molecule is Cn1c(SCC(=O)Nc2ccc(N)cc2Br)n[nH]c1=O. The van der Waals surface area contributed by atoms with Crippen molar-refractivity contribution in [1.29, 1.82) is 0 Å². The first-order valence-electron chi connectivity index (χ1n) is 5.56. The Morgan fingerprint density at radius 2 is 2.35 bits per heavy atom. The lowest BCUT2D eigenvalue weighted by molar-refractivity contribution is -0.113. The van der Waals surface area contributed by atoms with Crippen LogP contribution in [-0.2, 0) is 11.8 Å². The monoisotopic (exact) mass is 357 g/mol. The van der Waals surface area contributed by atoms with Gasteiger partial charge in [0.25, 0.3) is 0 Å². The van der Waals surface area contributed by atoms with Gasteiger partial charge in [-0.15, -0.1) is 5.10 Å². The number of thioether (sulfide) groups is 1. The second-order valence-corrected chi connectivity index (χ2v) is 5.74. The predicted octanol–water partition coefficient (Wildman–Crippen LogP) is 1.18. The fourth-order valence-corrected chi connectivity index (χ4v) is 2.63. The number of carbonyl (C=O) groups excluding carboxylic acids is 1. The predicted molar refractivity (Wildman–Crippen MR) is 81.7 cm³/mol. The van der Waals surface area contributed by atoms with Gasteiger partial charge in [0, 0.05) is 17.2 Å². The molecule has 2 rings (SSSR count). The molecule has 1 amide bonds. The first-order chi connectivity index (χ1) is 9.47. The fourth-order valence-electron chi connectivity index (χ4n) is 1.41. The Morgan fingerprint density at radius 1 is 1.60 bits per heavy atom. The maximum atomic E-state index is 11.8. The minimum absolute atomic E-state index is 0.148. The largest absolute Gasteiger partial charge is 0.399 e. The van der Waals surface area contributed by atoms with Gasteiger partial charge in [0.1, 0.15) is 0 Å². The van der Waals surface area contributed by atoms with E-state index < -0.39 is 0 Å². The van der Waals surface area contributed by atoms with Gasteiger partial charge in [-0.25, -0.2) is 9.89 Å². The standard InChI is InChI=1S/C11H12BrN5O2S/c1-17-10(19)15-16-11(17)20-5-9(18)14-8-3-2-6(13)4-7(8)12/h2-4H,5,13H2,1H3,(H,14,18)(H,15,19). The summed E-state index contributed by atoms with van der Waals surface area (Å²) in [6.45, 7) is 0. The van der Waals surface area contributed by atoms with Gasteiger partial charge in [0.15, 0.2) is 5.16 Å². The fraction of sp³-hybridized carbons (Fsp3) is 0.182. The molecule has 0 saturated carbocycles. The van der Waals surface area contributed by atoms with Crippen LogP contribution in [0.3, 0.4) is 0 Å². The molecule has 7 nitrogen and oxygen atoms in total. The molecule has 0 saturated heterocycles. The summed E-state index contributed by atoms with van der Waals surface area (Å²) in [6, 6.07) is 5.12. The van der Waals surface area contributed by atoms with Crippen molar-refractivity contribution in [3.8, 4) is 0 Å². The maximum Gasteiger partial charge on any atom is 0.343 e. The molecule has 0 aliphatic heterocycles.